The average molecular weight is 306 g/mol. The monoisotopic (exact) mass is 306 g/mol. The molecule has 0 aliphatic heterocycles. The van der Waals surface area contributed by atoms with Crippen LogP contribution in [0.15, 0.2) is 59.3 Å². The highest BCUT2D eigenvalue weighted by molar-refractivity contribution is 5.78. The van der Waals surface area contributed by atoms with Crippen molar-refractivity contribution in [2.24, 2.45) is 0 Å². The summed E-state index contributed by atoms with van der Waals surface area (Å²) in [6.45, 7) is 0.426. The van der Waals surface area contributed by atoms with Crippen LogP contribution in [0.2, 0.25) is 0 Å². The van der Waals surface area contributed by atoms with Crippen LogP contribution in [0.3, 0.4) is 0 Å². The second-order valence-corrected chi connectivity index (χ2v) is 5.07. The number of fused-ring (bicyclic) bond motifs is 1. The van der Waals surface area contributed by atoms with Crippen LogP contribution in [-0.2, 0) is 6.54 Å². The number of benzene rings is 2. The number of hydrogen-bond acceptors (Lipinski definition) is 5. The summed E-state index contributed by atoms with van der Waals surface area (Å²) in [5.74, 6) is 1.72. The van der Waals surface area contributed by atoms with E-state index >= 15 is 0 Å². The zero-order chi connectivity index (χ0) is 15.6. The fourth-order valence-corrected chi connectivity index (χ4v) is 2.54. The van der Waals surface area contributed by atoms with Gasteiger partial charge in [-0.1, -0.05) is 35.5 Å². The van der Waals surface area contributed by atoms with Gasteiger partial charge in [0, 0.05) is 5.39 Å². The summed E-state index contributed by atoms with van der Waals surface area (Å²) >= 11 is 0. The second kappa shape index (κ2) is 5.57. The lowest BCUT2D eigenvalue weighted by Crippen LogP contribution is -2.01. The van der Waals surface area contributed by atoms with Crippen molar-refractivity contribution in [1.82, 2.24) is 19.9 Å². The summed E-state index contributed by atoms with van der Waals surface area (Å²) in [5, 5.41) is 9.50. The van der Waals surface area contributed by atoms with E-state index in [9.17, 15) is 0 Å². The van der Waals surface area contributed by atoms with E-state index in [4.69, 9.17) is 9.26 Å². The smallest absolute Gasteiger partial charge is 0.248 e. The van der Waals surface area contributed by atoms with Crippen molar-refractivity contribution in [3.05, 3.63) is 60.6 Å². The Bertz CT molecular complexity index is 958. The van der Waals surface area contributed by atoms with E-state index < -0.39 is 0 Å². The summed E-state index contributed by atoms with van der Waals surface area (Å²) in [5.41, 5.74) is 1.83. The summed E-state index contributed by atoms with van der Waals surface area (Å²) in [6, 6.07) is 15.6. The molecule has 2 aromatic carbocycles. The number of ether oxygens (including phenoxy) is 1. The minimum absolute atomic E-state index is 0.426. The molecule has 0 bridgehead atoms. The molecule has 0 saturated heterocycles. The van der Waals surface area contributed by atoms with Gasteiger partial charge in [0.05, 0.1) is 24.4 Å². The summed E-state index contributed by atoms with van der Waals surface area (Å²) in [4.78, 5) is 4.45. The molecule has 23 heavy (non-hydrogen) atoms. The molecule has 0 N–H and O–H groups in total. The van der Waals surface area contributed by atoms with Crippen LogP contribution in [0.4, 0.5) is 0 Å². The van der Waals surface area contributed by atoms with Gasteiger partial charge in [-0.3, -0.25) is 4.68 Å². The molecule has 0 aliphatic rings. The number of aromatic nitrogens is 4. The van der Waals surface area contributed by atoms with Gasteiger partial charge in [-0.15, -0.1) is 0 Å². The van der Waals surface area contributed by atoms with Crippen LogP contribution < -0.4 is 4.74 Å². The molecule has 2 heterocycles. The second-order valence-electron chi connectivity index (χ2n) is 5.07. The van der Waals surface area contributed by atoms with Crippen molar-refractivity contribution >= 4 is 10.9 Å². The van der Waals surface area contributed by atoms with Crippen LogP contribution in [-0.4, -0.2) is 27.0 Å². The van der Waals surface area contributed by atoms with Gasteiger partial charge < -0.3 is 9.26 Å². The number of para-hydroxylation sites is 2. The predicted molar refractivity (Wildman–Crippen MR) is 85.1 cm³/mol. The van der Waals surface area contributed by atoms with Crippen LogP contribution >= 0.6 is 0 Å². The maximum Gasteiger partial charge on any atom is 0.248 e. The molecule has 0 aliphatic carbocycles. The topological polar surface area (TPSA) is 66.0 Å². The molecule has 0 unspecified atom stereocenters. The first kappa shape index (κ1) is 13.5. The number of nitrogens with zero attached hydrogens (tertiary/aromatic N) is 4. The molecule has 114 valence electrons. The summed E-state index contributed by atoms with van der Waals surface area (Å²) < 4.78 is 12.5. The molecule has 4 rings (SSSR count). The highest BCUT2D eigenvalue weighted by Gasteiger charge is 2.14. The Hall–Kier alpha value is -3.15. The first-order valence-electron chi connectivity index (χ1n) is 7.21. The van der Waals surface area contributed by atoms with E-state index in [0.29, 0.717) is 24.0 Å². The average Bonchev–Trinajstić information content (AvgIpc) is 3.23. The molecular weight excluding hydrogens is 292 g/mol. The third-order valence-electron chi connectivity index (χ3n) is 3.65. The maximum atomic E-state index is 5.36. The van der Waals surface area contributed by atoms with Gasteiger partial charge in [0.15, 0.2) is 0 Å². The first-order chi connectivity index (χ1) is 11.3. The lowest BCUT2D eigenvalue weighted by atomic mass is 10.2. The molecule has 0 radical (unpaired) electrons. The Morgan fingerprint density at radius 2 is 1.91 bits per heavy atom. The minimum Gasteiger partial charge on any atom is -0.496 e. The molecule has 2 aromatic heterocycles. The zero-order valence-electron chi connectivity index (χ0n) is 12.5. The van der Waals surface area contributed by atoms with Gasteiger partial charge in [-0.2, -0.15) is 10.1 Å². The predicted octanol–water partition coefficient (Wildman–Crippen LogP) is 3.14. The fraction of sp³-hybridized carbons (Fsp3) is 0.118. The number of hydrogen-bond donors (Lipinski definition) is 0. The number of methoxy groups -OCH3 is 1. The van der Waals surface area contributed by atoms with Gasteiger partial charge in [0.2, 0.25) is 11.7 Å². The van der Waals surface area contributed by atoms with Crippen molar-refractivity contribution in [2.75, 3.05) is 7.11 Å². The van der Waals surface area contributed by atoms with Crippen molar-refractivity contribution < 1.29 is 9.26 Å². The van der Waals surface area contributed by atoms with E-state index in [0.717, 1.165) is 16.5 Å². The van der Waals surface area contributed by atoms with Crippen LogP contribution in [0.25, 0.3) is 22.3 Å². The van der Waals surface area contributed by atoms with E-state index in [1.165, 1.54) is 0 Å². The van der Waals surface area contributed by atoms with Crippen molar-refractivity contribution in [2.45, 2.75) is 6.54 Å². The normalized spacial score (nSPS) is 11.0. The molecule has 4 aromatic rings. The summed E-state index contributed by atoms with van der Waals surface area (Å²) in [6.07, 6.45) is 1.83. The van der Waals surface area contributed by atoms with Crippen LogP contribution in [0, 0.1) is 0 Å². The van der Waals surface area contributed by atoms with Crippen LogP contribution in [0.5, 0.6) is 5.75 Å². The van der Waals surface area contributed by atoms with Crippen LogP contribution in [0.1, 0.15) is 5.89 Å². The third kappa shape index (κ3) is 2.44. The molecule has 0 saturated carbocycles. The molecular formula is C17H14N4O2. The molecule has 6 nitrogen and oxygen atoms in total. The Kier molecular flexibility index (Phi) is 3.27. The Morgan fingerprint density at radius 1 is 1.09 bits per heavy atom. The fourth-order valence-electron chi connectivity index (χ4n) is 2.54. The van der Waals surface area contributed by atoms with E-state index in [1.54, 1.807) is 7.11 Å². The standard InChI is InChI=1S/C17H14N4O2/c1-22-15-9-5-3-7-13(15)17-19-16(23-20-17)11-21-14-8-4-2-6-12(14)10-18-21/h2-10H,11H2,1H3. The maximum absolute atomic E-state index is 5.36. The molecule has 6 heteroatoms. The van der Waals surface area contributed by atoms with Gasteiger partial charge in [0.25, 0.3) is 0 Å². The van der Waals surface area contributed by atoms with Gasteiger partial charge >= 0.3 is 0 Å². The molecule has 0 atom stereocenters. The molecule has 0 spiro atoms. The summed E-state index contributed by atoms with van der Waals surface area (Å²) in [7, 11) is 1.62. The highest BCUT2D eigenvalue weighted by atomic mass is 16.5. The lowest BCUT2D eigenvalue weighted by Gasteiger charge is -2.03. The van der Waals surface area contributed by atoms with Gasteiger partial charge in [-0.05, 0) is 18.2 Å². The zero-order valence-corrected chi connectivity index (χ0v) is 12.5. The van der Waals surface area contributed by atoms with Crippen molar-refractivity contribution in [3.8, 4) is 17.1 Å². The van der Waals surface area contributed by atoms with Gasteiger partial charge in [0.1, 0.15) is 12.3 Å². The van der Waals surface area contributed by atoms with Gasteiger partial charge in [-0.25, -0.2) is 0 Å². The SMILES string of the molecule is COc1ccccc1-c1noc(Cn2ncc3ccccc32)n1. The Balaban J connectivity index is 1.66. The quantitative estimate of drug-likeness (QED) is 0.579. The third-order valence-corrected chi connectivity index (χ3v) is 3.65. The Morgan fingerprint density at radius 3 is 2.83 bits per heavy atom. The van der Waals surface area contributed by atoms with E-state index in [2.05, 4.69) is 15.2 Å². The number of rotatable bonds is 4. The molecule has 0 fully saturated rings. The van der Waals surface area contributed by atoms with E-state index in [1.807, 2.05) is 59.4 Å². The Labute approximate surface area is 132 Å². The van der Waals surface area contributed by atoms with Crippen molar-refractivity contribution in [3.63, 3.8) is 0 Å². The molecule has 0 amide bonds. The highest BCUT2D eigenvalue weighted by Crippen LogP contribution is 2.27. The minimum atomic E-state index is 0.426. The largest absolute Gasteiger partial charge is 0.496 e. The van der Waals surface area contributed by atoms with E-state index in [-0.39, 0.29) is 0 Å². The first-order valence-corrected chi connectivity index (χ1v) is 7.21. The lowest BCUT2D eigenvalue weighted by molar-refractivity contribution is 0.367. The van der Waals surface area contributed by atoms with Crippen molar-refractivity contribution in [1.29, 1.82) is 0 Å².